The molecule has 1 atom stereocenters. The van der Waals surface area contributed by atoms with Gasteiger partial charge < -0.3 is 19.9 Å². The maximum Gasteiger partial charge on any atom is 0.137 e. The van der Waals surface area contributed by atoms with Crippen molar-refractivity contribution in [3.8, 4) is 39.5 Å². The van der Waals surface area contributed by atoms with E-state index in [2.05, 4.69) is 10.4 Å². The van der Waals surface area contributed by atoms with Gasteiger partial charge in [-0.25, -0.2) is 13.8 Å². The van der Waals surface area contributed by atoms with E-state index >= 15 is 4.39 Å². The lowest BCUT2D eigenvalue weighted by molar-refractivity contribution is 0.146. The van der Waals surface area contributed by atoms with E-state index in [0.29, 0.717) is 35.7 Å². The first kappa shape index (κ1) is 27.6. The summed E-state index contributed by atoms with van der Waals surface area (Å²) in [6.07, 6.45) is 1.81. The molecule has 2 N–H and O–H groups in total. The maximum absolute atomic E-state index is 15.9. The number of benzene rings is 2. The largest absolute Gasteiger partial charge is 0.490 e. The number of hydrogen-bond donors (Lipinski definition) is 2. The number of hydrogen-bond acceptors (Lipinski definition) is 8. The van der Waals surface area contributed by atoms with E-state index < -0.39 is 11.6 Å². The molecule has 0 radical (unpaired) electrons. The molecule has 0 amide bonds. The molecule has 2 aromatic carbocycles. The van der Waals surface area contributed by atoms with E-state index in [0.717, 1.165) is 38.3 Å². The maximum atomic E-state index is 15.9. The molecule has 220 valence electrons. The molecule has 0 saturated heterocycles. The summed E-state index contributed by atoms with van der Waals surface area (Å²) in [5.41, 5.74) is 4.93. The third-order valence-electron chi connectivity index (χ3n) is 7.74. The van der Waals surface area contributed by atoms with Crippen molar-refractivity contribution in [2.24, 2.45) is 7.05 Å². The zero-order valence-corrected chi connectivity index (χ0v) is 24.3. The molecule has 0 aliphatic carbocycles. The molecular formula is C31H28F2N6O3S. The minimum atomic E-state index is -0.770. The fourth-order valence-electron chi connectivity index (χ4n) is 5.71. The lowest BCUT2D eigenvalue weighted by Crippen LogP contribution is -2.35. The number of aliphatic hydroxyl groups excluding tert-OH is 1. The summed E-state index contributed by atoms with van der Waals surface area (Å²) in [6, 6.07) is 11.7. The number of nitrogens with zero attached hydrogens (tertiary/aromatic N) is 5. The molecule has 9 nitrogen and oxygen atoms in total. The molecule has 1 aliphatic rings. The number of rotatable bonds is 8. The summed E-state index contributed by atoms with van der Waals surface area (Å²) in [6.45, 7) is 1.38. The lowest BCUT2D eigenvalue weighted by Gasteiger charge is -2.23. The molecule has 0 fully saturated rings. The highest BCUT2D eigenvalue weighted by atomic mass is 32.1. The van der Waals surface area contributed by atoms with Gasteiger partial charge in [0.15, 0.2) is 0 Å². The monoisotopic (exact) mass is 602 g/mol. The minimum Gasteiger partial charge on any atom is -0.490 e. The molecule has 5 heterocycles. The summed E-state index contributed by atoms with van der Waals surface area (Å²) < 4.78 is 45.8. The summed E-state index contributed by atoms with van der Waals surface area (Å²) in [5.74, 6) is -1.47. The SMILES string of the molecule is COCCOc1cc(F)cc(F)c1-c1c(-c2cc3n(n2)[C@@H](CO)CNC3)nc(-c2ccc3c(cnn3C)c2)c2ccsc12. The van der Waals surface area contributed by atoms with Crippen LogP contribution in [-0.2, 0) is 18.3 Å². The summed E-state index contributed by atoms with van der Waals surface area (Å²) in [7, 11) is 3.42. The predicted octanol–water partition coefficient (Wildman–Crippen LogP) is 5.32. The van der Waals surface area contributed by atoms with Gasteiger partial charge in [-0.3, -0.25) is 9.36 Å². The van der Waals surface area contributed by atoms with E-state index in [9.17, 15) is 9.50 Å². The third kappa shape index (κ3) is 4.76. The number of fused-ring (bicyclic) bond motifs is 3. The van der Waals surface area contributed by atoms with Crippen LogP contribution in [0.25, 0.3) is 54.8 Å². The zero-order valence-electron chi connectivity index (χ0n) is 23.5. The van der Waals surface area contributed by atoms with Crippen LogP contribution < -0.4 is 10.1 Å². The zero-order chi connectivity index (χ0) is 29.7. The number of thiophene rings is 1. The van der Waals surface area contributed by atoms with Crippen LogP contribution in [-0.4, -0.2) is 63.1 Å². The molecule has 6 aromatic rings. The molecular weight excluding hydrogens is 574 g/mol. The van der Waals surface area contributed by atoms with Crippen LogP contribution in [0.5, 0.6) is 5.75 Å². The highest BCUT2D eigenvalue weighted by Crippen LogP contribution is 2.47. The Morgan fingerprint density at radius 1 is 1.09 bits per heavy atom. The molecule has 0 bridgehead atoms. The number of nitrogens with one attached hydrogen (secondary N) is 1. The average Bonchev–Trinajstić information content (AvgIpc) is 3.75. The number of aromatic nitrogens is 5. The van der Waals surface area contributed by atoms with Crippen LogP contribution in [0.2, 0.25) is 0 Å². The summed E-state index contributed by atoms with van der Waals surface area (Å²) in [5, 5.41) is 26.3. The van der Waals surface area contributed by atoms with Crippen LogP contribution in [0.1, 0.15) is 11.7 Å². The van der Waals surface area contributed by atoms with Gasteiger partial charge in [0.25, 0.3) is 0 Å². The first-order valence-corrected chi connectivity index (χ1v) is 14.7. The predicted molar refractivity (Wildman–Crippen MR) is 161 cm³/mol. The Hall–Kier alpha value is -4.23. The van der Waals surface area contributed by atoms with E-state index in [1.807, 2.05) is 53.6 Å². The Balaban J connectivity index is 1.52. The molecule has 12 heteroatoms. The van der Waals surface area contributed by atoms with Crippen LogP contribution in [0.3, 0.4) is 0 Å². The van der Waals surface area contributed by atoms with Crippen molar-refractivity contribution in [2.45, 2.75) is 12.6 Å². The van der Waals surface area contributed by atoms with Crippen LogP contribution >= 0.6 is 11.3 Å². The number of halogens is 2. The highest BCUT2D eigenvalue weighted by Gasteiger charge is 2.28. The second-order valence-corrected chi connectivity index (χ2v) is 11.3. The lowest BCUT2D eigenvalue weighted by atomic mass is 9.96. The summed E-state index contributed by atoms with van der Waals surface area (Å²) >= 11 is 1.44. The first-order valence-electron chi connectivity index (χ1n) is 13.8. The standard InChI is InChI=1S/C31H28F2N6O3S/c1-38-25-4-3-17(9-18(25)13-35-38)29-22-5-8-43-31(22)28(27-23(33)10-19(32)11-26(27)42-7-6-41-2)30(36-29)24-12-20-14-34-15-21(16-40)39(20)37-24/h3-5,8-13,21,34,40H,6-7,14-16H2,1-2H3/t21-/m1/s1. The van der Waals surface area contributed by atoms with E-state index in [1.54, 1.807) is 4.68 Å². The second kappa shape index (κ2) is 11.1. The van der Waals surface area contributed by atoms with Crippen molar-refractivity contribution in [3.63, 3.8) is 0 Å². The van der Waals surface area contributed by atoms with Gasteiger partial charge in [0, 0.05) is 66.0 Å². The van der Waals surface area contributed by atoms with Crippen molar-refractivity contribution in [3.05, 3.63) is 71.4 Å². The van der Waals surface area contributed by atoms with Crippen molar-refractivity contribution < 1.29 is 23.4 Å². The Bertz CT molecular complexity index is 1980. The fourth-order valence-corrected chi connectivity index (χ4v) is 6.66. The minimum absolute atomic E-state index is 0.0516. The third-order valence-corrected chi connectivity index (χ3v) is 8.67. The Labute approximate surface area is 249 Å². The molecule has 4 aromatic heterocycles. The van der Waals surface area contributed by atoms with Gasteiger partial charge in [-0.1, -0.05) is 6.07 Å². The van der Waals surface area contributed by atoms with E-state index in [4.69, 9.17) is 19.6 Å². The molecule has 1 aliphatic heterocycles. The number of aliphatic hydroxyl groups is 1. The fraction of sp³-hybridized carbons (Fsp3) is 0.258. The summed E-state index contributed by atoms with van der Waals surface area (Å²) in [4.78, 5) is 5.18. The van der Waals surface area contributed by atoms with Gasteiger partial charge in [-0.15, -0.1) is 11.3 Å². The molecule has 0 spiro atoms. The Morgan fingerprint density at radius 3 is 2.81 bits per heavy atom. The number of methoxy groups -OCH3 is 1. The van der Waals surface area contributed by atoms with Gasteiger partial charge in [-0.05, 0) is 29.6 Å². The van der Waals surface area contributed by atoms with Gasteiger partial charge in [-0.2, -0.15) is 10.2 Å². The quantitative estimate of drug-likeness (QED) is 0.228. The van der Waals surface area contributed by atoms with Crippen molar-refractivity contribution in [2.75, 3.05) is 33.5 Å². The average molecular weight is 603 g/mol. The highest BCUT2D eigenvalue weighted by molar-refractivity contribution is 7.18. The topological polar surface area (TPSA) is 99.2 Å². The smallest absolute Gasteiger partial charge is 0.137 e. The van der Waals surface area contributed by atoms with Crippen LogP contribution in [0.4, 0.5) is 8.78 Å². The van der Waals surface area contributed by atoms with Gasteiger partial charge in [0.1, 0.15) is 35.4 Å². The normalized spacial score (nSPS) is 15.0. The molecule has 0 saturated carbocycles. The van der Waals surface area contributed by atoms with Crippen molar-refractivity contribution in [1.29, 1.82) is 0 Å². The Morgan fingerprint density at radius 2 is 1.98 bits per heavy atom. The van der Waals surface area contributed by atoms with Gasteiger partial charge in [0.2, 0.25) is 0 Å². The van der Waals surface area contributed by atoms with Crippen LogP contribution in [0.15, 0.2) is 54.0 Å². The Kier molecular flexibility index (Phi) is 7.14. The first-order chi connectivity index (χ1) is 21.0. The van der Waals surface area contributed by atoms with Crippen LogP contribution in [0, 0.1) is 11.6 Å². The number of pyridine rings is 1. The number of ether oxygens (including phenoxy) is 2. The van der Waals surface area contributed by atoms with E-state index in [1.165, 1.54) is 24.5 Å². The van der Waals surface area contributed by atoms with Gasteiger partial charge >= 0.3 is 0 Å². The van der Waals surface area contributed by atoms with Gasteiger partial charge in [0.05, 0.1) is 47.9 Å². The molecule has 0 unspecified atom stereocenters. The van der Waals surface area contributed by atoms with E-state index in [-0.39, 0.29) is 37.2 Å². The molecule has 43 heavy (non-hydrogen) atoms. The number of aryl methyl sites for hydroxylation is 1. The second-order valence-electron chi connectivity index (χ2n) is 10.4. The van der Waals surface area contributed by atoms with Crippen molar-refractivity contribution in [1.82, 2.24) is 29.9 Å². The van der Waals surface area contributed by atoms with Crippen molar-refractivity contribution >= 4 is 32.3 Å². The molecule has 7 rings (SSSR count).